The van der Waals surface area contributed by atoms with Gasteiger partial charge in [0.2, 0.25) is 0 Å². The largest absolute Gasteiger partial charge is 0.379 e. The highest BCUT2D eigenvalue weighted by atomic mass is 16.5. The monoisotopic (exact) mass is 223 g/mol. The van der Waals surface area contributed by atoms with E-state index in [2.05, 4.69) is 27.7 Å². The van der Waals surface area contributed by atoms with Crippen molar-refractivity contribution in [2.75, 3.05) is 19.8 Å². The summed E-state index contributed by atoms with van der Waals surface area (Å²) >= 11 is 0. The third kappa shape index (κ3) is 3.11. The Morgan fingerprint density at radius 3 is 3.19 bits per heavy atom. The molecule has 1 aliphatic heterocycles. The van der Waals surface area contributed by atoms with E-state index in [1.54, 1.807) is 7.05 Å². The zero-order chi connectivity index (χ0) is 11.4. The minimum absolute atomic E-state index is 0.404. The molecule has 0 aromatic carbocycles. The zero-order valence-electron chi connectivity index (χ0n) is 9.68. The van der Waals surface area contributed by atoms with E-state index in [0.717, 1.165) is 26.2 Å². The van der Waals surface area contributed by atoms with E-state index in [1.165, 1.54) is 10.4 Å². The number of nitrogens with zero attached hydrogens (tertiary/aromatic N) is 4. The predicted octanol–water partition coefficient (Wildman–Crippen LogP) is -0.00810. The maximum absolute atomic E-state index is 5.40. The smallest absolute Gasteiger partial charge is 0.197 e. The van der Waals surface area contributed by atoms with Crippen molar-refractivity contribution in [3.8, 4) is 0 Å². The summed E-state index contributed by atoms with van der Waals surface area (Å²) in [5.74, 6) is 0.664. The molecule has 6 heteroatoms. The van der Waals surface area contributed by atoms with Gasteiger partial charge in [-0.2, -0.15) is 4.80 Å². The van der Waals surface area contributed by atoms with E-state index in [0.29, 0.717) is 11.9 Å². The van der Waals surface area contributed by atoms with Crippen molar-refractivity contribution in [1.82, 2.24) is 25.5 Å². The van der Waals surface area contributed by atoms with Gasteiger partial charge in [0.1, 0.15) is 0 Å². The molecule has 1 aromatic heterocycles. The van der Waals surface area contributed by atoms with E-state index in [4.69, 9.17) is 4.74 Å². The highest BCUT2D eigenvalue weighted by molar-refractivity contribution is 5.43. The summed E-state index contributed by atoms with van der Waals surface area (Å²) in [5.41, 5.74) is 1.23. The molecule has 0 saturated carbocycles. The summed E-state index contributed by atoms with van der Waals surface area (Å²) in [5, 5.41) is 15.2. The van der Waals surface area contributed by atoms with Crippen LogP contribution in [0.5, 0.6) is 0 Å². The Balaban J connectivity index is 1.91. The Hall–Kier alpha value is -1.27. The van der Waals surface area contributed by atoms with Crippen LogP contribution in [0.25, 0.3) is 6.08 Å². The molecule has 1 aliphatic rings. The minimum atomic E-state index is 0.404. The first-order chi connectivity index (χ1) is 7.74. The van der Waals surface area contributed by atoms with E-state index in [9.17, 15) is 0 Å². The number of tetrazole rings is 1. The van der Waals surface area contributed by atoms with Crippen LogP contribution >= 0.6 is 0 Å². The van der Waals surface area contributed by atoms with Crippen LogP contribution in [-0.2, 0) is 11.8 Å². The van der Waals surface area contributed by atoms with E-state index in [1.807, 2.05) is 6.08 Å². The van der Waals surface area contributed by atoms with Gasteiger partial charge in [0, 0.05) is 12.6 Å². The van der Waals surface area contributed by atoms with Gasteiger partial charge in [0.25, 0.3) is 0 Å². The van der Waals surface area contributed by atoms with Gasteiger partial charge in [-0.05, 0) is 24.6 Å². The highest BCUT2D eigenvalue weighted by Gasteiger charge is 2.13. The Bertz CT molecular complexity index is 367. The van der Waals surface area contributed by atoms with Crippen molar-refractivity contribution in [2.24, 2.45) is 7.05 Å². The summed E-state index contributed by atoms with van der Waals surface area (Å²) in [6.07, 6.45) is 2.92. The number of hydrogen-bond donors (Lipinski definition) is 1. The Labute approximate surface area is 94.7 Å². The van der Waals surface area contributed by atoms with Crippen molar-refractivity contribution < 1.29 is 4.74 Å². The molecule has 0 spiro atoms. The van der Waals surface area contributed by atoms with Gasteiger partial charge in [0.05, 0.1) is 20.3 Å². The van der Waals surface area contributed by atoms with Crippen LogP contribution in [0.15, 0.2) is 5.57 Å². The number of rotatable bonds is 3. The second-order valence-electron chi connectivity index (χ2n) is 4.06. The van der Waals surface area contributed by atoms with Gasteiger partial charge in [0.15, 0.2) is 5.82 Å². The third-order valence-electron chi connectivity index (χ3n) is 2.47. The molecule has 0 radical (unpaired) electrons. The molecule has 2 heterocycles. The zero-order valence-corrected chi connectivity index (χ0v) is 9.68. The molecular formula is C10H17N5O. The van der Waals surface area contributed by atoms with E-state index < -0.39 is 0 Å². The van der Waals surface area contributed by atoms with Crippen molar-refractivity contribution in [3.05, 3.63) is 11.4 Å². The minimum Gasteiger partial charge on any atom is -0.379 e. The van der Waals surface area contributed by atoms with Crippen molar-refractivity contribution >= 4 is 6.08 Å². The summed E-state index contributed by atoms with van der Waals surface area (Å²) in [6.45, 7) is 4.60. The molecule has 1 unspecified atom stereocenters. The molecule has 0 amide bonds. The van der Waals surface area contributed by atoms with Crippen LogP contribution in [-0.4, -0.2) is 46.0 Å². The maximum atomic E-state index is 5.40. The van der Waals surface area contributed by atoms with Crippen LogP contribution in [0.4, 0.5) is 0 Å². The highest BCUT2D eigenvalue weighted by Crippen LogP contribution is 2.09. The van der Waals surface area contributed by atoms with Crippen LogP contribution < -0.4 is 5.32 Å². The molecule has 88 valence electrons. The molecule has 1 saturated heterocycles. The number of hydrogen-bond acceptors (Lipinski definition) is 5. The first-order valence-corrected chi connectivity index (χ1v) is 5.46. The van der Waals surface area contributed by atoms with E-state index >= 15 is 0 Å². The molecule has 0 bridgehead atoms. The molecule has 0 aliphatic carbocycles. The Morgan fingerprint density at radius 1 is 1.69 bits per heavy atom. The quantitative estimate of drug-likeness (QED) is 0.781. The second-order valence-corrected chi connectivity index (χ2v) is 4.06. The molecular weight excluding hydrogens is 206 g/mol. The summed E-state index contributed by atoms with van der Waals surface area (Å²) < 4.78 is 5.40. The molecule has 2 rings (SSSR count). The molecule has 1 fully saturated rings. The molecule has 1 aromatic rings. The van der Waals surface area contributed by atoms with Gasteiger partial charge in [-0.1, -0.05) is 5.57 Å². The standard InChI is InChI=1S/C10H17N5O/c1-8(5-9-7-16-4-3-11-9)6-10-12-14-15(2)13-10/h6,9,11H,3-5,7H2,1-2H3. The van der Waals surface area contributed by atoms with Gasteiger partial charge in [-0.3, -0.25) is 0 Å². The number of aromatic nitrogens is 4. The van der Waals surface area contributed by atoms with Gasteiger partial charge < -0.3 is 10.1 Å². The van der Waals surface area contributed by atoms with Gasteiger partial charge in [-0.25, -0.2) is 0 Å². The molecule has 1 N–H and O–H groups in total. The normalized spacial score (nSPS) is 22.4. The SMILES string of the molecule is CC(=Cc1nnn(C)n1)CC1COCCN1. The van der Waals surface area contributed by atoms with Crippen molar-refractivity contribution in [3.63, 3.8) is 0 Å². The number of aryl methyl sites for hydroxylation is 1. The summed E-state index contributed by atoms with van der Waals surface area (Å²) in [4.78, 5) is 1.46. The fraction of sp³-hybridized carbons (Fsp3) is 0.700. The lowest BCUT2D eigenvalue weighted by Gasteiger charge is -2.23. The van der Waals surface area contributed by atoms with Gasteiger partial charge in [-0.15, -0.1) is 10.2 Å². The first kappa shape index (κ1) is 11.2. The maximum Gasteiger partial charge on any atom is 0.197 e. The van der Waals surface area contributed by atoms with Crippen molar-refractivity contribution in [1.29, 1.82) is 0 Å². The second kappa shape index (κ2) is 5.18. The van der Waals surface area contributed by atoms with Gasteiger partial charge >= 0.3 is 0 Å². The molecule has 1 atom stereocenters. The third-order valence-corrected chi connectivity index (χ3v) is 2.47. The number of ether oxygens (including phenoxy) is 1. The number of nitrogens with one attached hydrogen (secondary N) is 1. The Morgan fingerprint density at radius 2 is 2.56 bits per heavy atom. The lowest BCUT2D eigenvalue weighted by atomic mass is 10.1. The molecule has 6 nitrogen and oxygen atoms in total. The fourth-order valence-corrected chi connectivity index (χ4v) is 1.78. The average Bonchev–Trinajstić information content (AvgIpc) is 2.65. The van der Waals surface area contributed by atoms with Crippen molar-refractivity contribution in [2.45, 2.75) is 19.4 Å². The summed E-state index contributed by atoms with van der Waals surface area (Å²) in [6, 6.07) is 0.404. The number of morpholine rings is 1. The fourth-order valence-electron chi connectivity index (χ4n) is 1.78. The Kier molecular flexibility index (Phi) is 3.63. The lowest BCUT2D eigenvalue weighted by molar-refractivity contribution is 0.0771. The molecule has 16 heavy (non-hydrogen) atoms. The van der Waals surface area contributed by atoms with E-state index in [-0.39, 0.29) is 0 Å². The summed E-state index contributed by atoms with van der Waals surface area (Å²) in [7, 11) is 1.76. The van der Waals surface area contributed by atoms with Crippen LogP contribution in [0.2, 0.25) is 0 Å². The predicted molar refractivity (Wildman–Crippen MR) is 59.7 cm³/mol. The topological polar surface area (TPSA) is 64.9 Å². The van der Waals surface area contributed by atoms with Crippen LogP contribution in [0.3, 0.4) is 0 Å². The van der Waals surface area contributed by atoms with Crippen LogP contribution in [0, 0.1) is 0 Å². The first-order valence-electron chi connectivity index (χ1n) is 5.46. The average molecular weight is 223 g/mol. The van der Waals surface area contributed by atoms with Crippen LogP contribution in [0.1, 0.15) is 19.2 Å². The lowest BCUT2D eigenvalue weighted by Crippen LogP contribution is -2.41.